The summed E-state index contributed by atoms with van der Waals surface area (Å²) in [5.41, 5.74) is 6.49. The molecule has 5 nitrogen and oxygen atoms in total. The van der Waals surface area contributed by atoms with Gasteiger partial charge in [0.25, 0.3) is 0 Å². The summed E-state index contributed by atoms with van der Waals surface area (Å²) in [5, 5.41) is 21.4. The molecule has 2 aromatic carbocycles. The fraction of sp³-hybridized carbons (Fsp3) is 0.667. The third-order valence-electron chi connectivity index (χ3n) is 7.58. The van der Waals surface area contributed by atoms with Gasteiger partial charge in [0.2, 0.25) is 0 Å². The third-order valence-corrected chi connectivity index (χ3v) is 7.58. The maximum Gasteiger partial charge on any atom is 0.123 e. The summed E-state index contributed by atoms with van der Waals surface area (Å²) in [6.07, 6.45) is 0. The van der Waals surface area contributed by atoms with Gasteiger partial charge in [-0.25, -0.2) is 0 Å². The molecule has 5 heteroatoms. The van der Waals surface area contributed by atoms with E-state index in [4.69, 9.17) is 4.74 Å². The van der Waals surface area contributed by atoms with E-state index in [2.05, 4.69) is 131 Å². The maximum atomic E-state index is 10.8. The molecule has 0 unspecified atom stereocenters. The lowest BCUT2D eigenvalue weighted by molar-refractivity contribution is 0.0341. The second kappa shape index (κ2) is 13.1. The molecule has 41 heavy (non-hydrogen) atoms. The van der Waals surface area contributed by atoms with Gasteiger partial charge in [0, 0.05) is 26.2 Å². The lowest BCUT2D eigenvalue weighted by atomic mass is 9.78. The number of aromatic hydroxyl groups is 2. The van der Waals surface area contributed by atoms with Crippen LogP contribution in [-0.4, -0.2) is 60.4 Å². The number of phenols is 2. The molecule has 0 spiro atoms. The molecule has 0 saturated carbocycles. The number of nitrogens with zero attached hydrogens (tertiary/aromatic N) is 2. The summed E-state index contributed by atoms with van der Waals surface area (Å²) < 4.78 is 5.43. The molecule has 0 bridgehead atoms. The van der Waals surface area contributed by atoms with Crippen LogP contribution in [0.4, 0.5) is 0 Å². The quantitative estimate of drug-likeness (QED) is 0.393. The third kappa shape index (κ3) is 10.0. The average molecular weight is 569 g/mol. The average Bonchev–Trinajstić information content (AvgIpc) is 2.79. The number of benzene rings is 2. The lowest BCUT2D eigenvalue weighted by Crippen LogP contribution is -2.35. The van der Waals surface area contributed by atoms with Gasteiger partial charge in [-0.3, -0.25) is 4.90 Å². The van der Waals surface area contributed by atoms with Crippen molar-refractivity contribution in [3.05, 3.63) is 57.6 Å². The first-order chi connectivity index (χ1) is 18.5. The van der Waals surface area contributed by atoms with Crippen LogP contribution in [0.2, 0.25) is 0 Å². The Labute approximate surface area is 251 Å². The first kappa shape index (κ1) is 35.1. The number of ether oxygens (including phenoxy) is 1. The van der Waals surface area contributed by atoms with Crippen molar-refractivity contribution in [2.24, 2.45) is 0 Å². The van der Waals surface area contributed by atoms with Crippen molar-refractivity contribution in [2.75, 3.05) is 40.4 Å². The summed E-state index contributed by atoms with van der Waals surface area (Å²) in [6, 6.07) is 8.65. The normalized spacial score (nSPS) is 15.6. The standard InChI is InChI=1S/C19H31NO2.C17H29NO/c1-18(2,3)15-11-14(13-20-7-9-22-10-8-20)12-16(17(15)21)19(4,5)6;1-16(2,3)13-9-12(11-18(7)8)10-14(15(13)19)17(4,5)6/h11-12,21H,7-10,13H2,1-6H3;9-10,19H,11H2,1-8H3. The van der Waals surface area contributed by atoms with Gasteiger partial charge in [0.05, 0.1) is 13.2 Å². The number of phenolic OH excluding ortho intramolecular Hbond substituents is 2. The minimum Gasteiger partial charge on any atom is -0.507 e. The van der Waals surface area contributed by atoms with Crippen molar-refractivity contribution in [3.8, 4) is 11.5 Å². The molecule has 1 heterocycles. The van der Waals surface area contributed by atoms with Crippen molar-refractivity contribution in [1.82, 2.24) is 9.80 Å². The smallest absolute Gasteiger partial charge is 0.123 e. The molecule has 1 saturated heterocycles. The minimum absolute atomic E-state index is 0.0492. The van der Waals surface area contributed by atoms with Gasteiger partial charge in [-0.05, 0) is 69.1 Å². The number of morpholine rings is 1. The van der Waals surface area contributed by atoms with Gasteiger partial charge in [0.1, 0.15) is 11.5 Å². The van der Waals surface area contributed by atoms with Gasteiger partial charge in [-0.2, -0.15) is 0 Å². The molecule has 1 aliphatic rings. The van der Waals surface area contributed by atoms with Crippen LogP contribution in [0, 0.1) is 0 Å². The van der Waals surface area contributed by atoms with Gasteiger partial charge >= 0.3 is 0 Å². The fourth-order valence-corrected chi connectivity index (χ4v) is 5.24. The van der Waals surface area contributed by atoms with Gasteiger partial charge in [0.15, 0.2) is 0 Å². The van der Waals surface area contributed by atoms with Gasteiger partial charge < -0.3 is 19.8 Å². The predicted octanol–water partition coefficient (Wildman–Crippen LogP) is 7.87. The van der Waals surface area contributed by atoms with Crippen LogP contribution in [0.3, 0.4) is 0 Å². The molecule has 3 rings (SSSR count). The summed E-state index contributed by atoms with van der Waals surface area (Å²) in [6.45, 7) is 31.3. The van der Waals surface area contributed by atoms with Crippen LogP contribution in [0.15, 0.2) is 24.3 Å². The number of hydrogen-bond acceptors (Lipinski definition) is 5. The first-order valence-electron chi connectivity index (χ1n) is 15.2. The Hall–Kier alpha value is -2.08. The molecular weight excluding hydrogens is 508 g/mol. The Morgan fingerprint density at radius 1 is 0.610 bits per heavy atom. The largest absolute Gasteiger partial charge is 0.507 e. The molecule has 0 atom stereocenters. The van der Waals surface area contributed by atoms with Crippen LogP contribution < -0.4 is 0 Å². The predicted molar refractivity (Wildman–Crippen MR) is 175 cm³/mol. The van der Waals surface area contributed by atoms with E-state index in [0.717, 1.165) is 61.6 Å². The van der Waals surface area contributed by atoms with Crippen molar-refractivity contribution in [1.29, 1.82) is 0 Å². The van der Waals surface area contributed by atoms with Crippen LogP contribution in [0.5, 0.6) is 11.5 Å². The van der Waals surface area contributed by atoms with Crippen molar-refractivity contribution < 1.29 is 14.9 Å². The maximum absolute atomic E-state index is 10.8. The van der Waals surface area contributed by atoms with E-state index < -0.39 is 0 Å². The van der Waals surface area contributed by atoms with Crippen LogP contribution in [-0.2, 0) is 39.5 Å². The summed E-state index contributed by atoms with van der Waals surface area (Å²) in [5.74, 6) is 0.924. The SMILES string of the molecule is CC(C)(C)c1cc(CN2CCOCC2)cc(C(C)(C)C)c1O.CN(C)Cc1cc(C(C)(C)C)c(O)c(C(C)(C)C)c1. The van der Waals surface area contributed by atoms with Crippen LogP contribution in [0.25, 0.3) is 0 Å². The minimum atomic E-state index is -0.0644. The lowest BCUT2D eigenvalue weighted by Gasteiger charge is -2.31. The second-order valence-electron chi connectivity index (χ2n) is 16.2. The van der Waals surface area contributed by atoms with Crippen molar-refractivity contribution >= 4 is 0 Å². The Morgan fingerprint density at radius 3 is 1.22 bits per heavy atom. The highest BCUT2D eigenvalue weighted by Gasteiger charge is 2.28. The van der Waals surface area contributed by atoms with E-state index in [1.54, 1.807) is 0 Å². The molecule has 0 radical (unpaired) electrons. The van der Waals surface area contributed by atoms with E-state index >= 15 is 0 Å². The van der Waals surface area contributed by atoms with E-state index in [9.17, 15) is 10.2 Å². The highest BCUT2D eigenvalue weighted by Crippen LogP contribution is 2.41. The summed E-state index contributed by atoms with van der Waals surface area (Å²) >= 11 is 0. The Balaban J connectivity index is 0.000000290. The monoisotopic (exact) mass is 568 g/mol. The fourth-order valence-electron chi connectivity index (χ4n) is 5.24. The molecule has 1 aliphatic heterocycles. The summed E-state index contributed by atoms with van der Waals surface area (Å²) in [4.78, 5) is 4.58. The van der Waals surface area contributed by atoms with Crippen molar-refractivity contribution in [3.63, 3.8) is 0 Å². The van der Waals surface area contributed by atoms with E-state index in [-0.39, 0.29) is 21.7 Å². The molecule has 232 valence electrons. The van der Waals surface area contributed by atoms with Gasteiger partial charge in [-0.15, -0.1) is 0 Å². The van der Waals surface area contributed by atoms with E-state index in [0.29, 0.717) is 11.5 Å². The molecule has 0 amide bonds. The first-order valence-corrected chi connectivity index (χ1v) is 15.2. The molecule has 0 aromatic heterocycles. The Kier molecular flexibility index (Phi) is 11.2. The Bertz CT molecular complexity index is 1080. The van der Waals surface area contributed by atoms with E-state index in [1.807, 2.05) is 0 Å². The topological polar surface area (TPSA) is 56.2 Å². The van der Waals surface area contributed by atoms with Crippen LogP contribution in [0.1, 0.15) is 116 Å². The number of rotatable bonds is 4. The zero-order valence-corrected chi connectivity index (χ0v) is 28.7. The molecular formula is C36H60N2O3. The zero-order chi connectivity index (χ0) is 31.6. The molecule has 0 aliphatic carbocycles. The molecule has 1 fully saturated rings. The zero-order valence-electron chi connectivity index (χ0n) is 28.7. The van der Waals surface area contributed by atoms with E-state index in [1.165, 1.54) is 11.1 Å². The number of hydrogen-bond donors (Lipinski definition) is 2. The van der Waals surface area contributed by atoms with Crippen molar-refractivity contribution in [2.45, 2.75) is 118 Å². The molecule has 2 aromatic rings. The Morgan fingerprint density at radius 2 is 0.927 bits per heavy atom. The highest BCUT2D eigenvalue weighted by molar-refractivity contribution is 5.51. The highest BCUT2D eigenvalue weighted by atomic mass is 16.5. The van der Waals surface area contributed by atoms with Gasteiger partial charge in [-0.1, -0.05) is 107 Å². The molecule has 2 N–H and O–H groups in total. The summed E-state index contributed by atoms with van der Waals surface area (Å²) in [7, 11) is 4.14. The van der Waals surface area contributed by atoms with Crippen LogP contribution >= 0.6 is 0 Å². The second-order valence-corrected chi connectivity index (χ2v) is 16.2.